The number of nitrogens with one attached hydrogen (secondary N) is 1. The zero-order chi connectivity index (χ0) is 17.5. The highest BCUT2D eigenvalue weighted by Gasteiger charge is 2.14. The van der Waals surface area contributed by atoms with Crippen molar-refractivity contribution >= 4 is 5.69 Å². The van der Waals surface area contributed by atoms with Crippen molar-refractivity contribution in [1.82, 2.24) is 0 Å². The molecule has 1 N–H and O–H groups in total. The smallest absolute Gasteiger partial charge is 0.123 e. The molecule has 0 fully saturated rings. The first-order valence-corrected chi connectivity index (χ1v) is 9.11. The molecular weight excluding hydrogens is 294 g/mol. The number of rotatable bonds is 8. The summed E-state index contributed by atoms with van der Waals surface area (Å²) in [5.74, 6) is 1.55. The van der Waals surface area contributed by atoms with E-state index in [1.54, 1.807) is 0 Å². The van der Waals surface area contributed by atoms with Gasteiger partial charge in [-0.05, 0) is 61.4 Å². The molecule has 2 rings (SSSR count). The fourth-order valence-corrected chi connectivity index (χ4v) is 2.81. The van der Waals surface area contributed by atoms with E-state index < -0.39 is 0 Å². The van der Waals surface area contributed by atoms with Crippen LogP contribution in [-0.2, 0) is 0 Å². The number of hydrogen-bond donors (Lipinski definition) is 1. The topological polar surface area (TPSA) is 21.3 Å². The quantitative estimate of drug-likeness (QED) is 0.634. The van der Waals surface area contributed by atoms with Gasteiger partial charge in [-0.2, -0.15) is 0 Å². The van der Waals surface area contributed by atoms with E-state index in [-0.39, 0.29) is 6.10 Å². The molecule has 2 aromatic carbocycles. The van der Waals surface area contributed by atoms with E-state index in [0.29, 0.717) is 5.92 Å². The summed E-state index contributed by atoms with van der Waals surface area (Å²) in [6.07, 6.45) is 2.26. The second-order valence-corrected chi connectivity index (χ2v) is 6.69. The monoisotopic (exact) mass is 325 g/mol. The number of benzene rings is 2. The van der Waals surface area contributed by atoms with Crippen molar-refractivity contribution in [3.63, 3.8) is 0 Å². The van der Waals surface area contributed by atoms with E-state index in [2.05, 4.69) is 82.4 Å². The van der Waals surface area contributed by atoms with Crippen molar-refractivity contribution in [1.29, 1.82) is 0 Å². The molecule has 0 aromatic heterocycles. The largest absolute Gasteiger partial charge is 0.488 e. The predicted octanol–water partition coefficient (Wildman–Crippen LogP) is 6.09. The van der Waals surface area contributed by atoms with Crippen LogP contribution < -0.4 is 10.1 Å². The maximum atomic E-state index is 6.35. The molecule has 0 aliphatic rings. The lowest BCUT2D eigenvalue weighted by Gasteiger charge is -2.23. The summed E-state index contributed by atoms with van der Waals surface area (Å²) < 4.78 is 6.35. The molecule has 2 heteroatoms. The van der Waals surface area contributed by atoms with Crippen LogP contribution >= 0.6 is 0 Å². The molecule has 0 bridgehead atoms. The second-order valence-electron chi connectivity index (χ2n) is 6.69. The van der Waals surface area contributed by atoms with Gasteiger partial charge < -0.3 is 10.1 Å². The van der Waals surface area contributed by atoms with E-state index in [4.69, 9.17) is 4.74 Å². The second kappa shape index (κ2) is 8.77. The van der Waals surface area contributed by atoms with Gasteiger partial charge in [-0.3, -0.25) is 0 Å². The molecule has 130 valence electrons. The molecule has 0 heterocycles. The zero-order valence-corrected chi connectivity index (χ0v) is 15.7. The Labute approximate surface area is 147 Å². The Morgan fingerprint density at radius 1 is 1.00 bits per heavy atom. The van der Waals surface area contributed by atoms with Crippen molar-refractivity contribution in [3.8, 4) is 5.75 Å². The fraction of sp³-hybridized carbons (Fsp3) is 0.455. The molecule has 0 spiro atoms. The van der Waals surface area contributed by atoms with Crippen molar-refractivity contribution < 1.29 is 4.74 Å². The normalized spacial score (nSPS) is 13.4. The van der Waals surface area contributed by atoms with Crippen LogP contribution in [0.4, 0.5) is 5.69 Å². The Bertz CT molecular complexity index is 650. The first-order valence-electron chi connectivity index (χ1n) is 9.11. The maximum absolute atomic E-state index is 6.35. The van der Waals surface area contributed by atoms with Crippen LogP contribution in [0.5, 0.6) is 5.75 Å². The van der Waals surface area contributed by atoms with E-state index >= 15 is 0 Å². The number of hydrogen-bond acceptors (Lipinski definition) is 2. The van der Waals surface area contributed by atoms with E-state index in [9.17, 15) is 0 Å². The van der Waals surface area contributed by atoms with Crippen LogP contribution in [-0.4, -0.2) is 12.6 Å². The van der Waals surface area contributed by atoms with Gasteiger partial charge in [0.1, 0.15) is 11.9 Å². The average Bonchev–Trinajstić information content (AvgIpc) is 2.60. The summed E-state index contributed by atoms with van der Waals surface area (Å²) >= 11 is 0. The highest BCUT2D eigenvalue weighted by molar-refractivity contribution is 5.52. The summed E-state index contributed by atoms with van der Waals surface area (Å²) in [5.41, 5.74) is 5.06. The zero-order valence-electron chi connectivity index (χ0n) is 15.7. The first-order chi connectivity index (χ1) is 11.5. The van der Waals surface area contributed by atoms with Gasteiger partial charge in [-0.15, -0.1) is 0 Å². The van der Waals surface area contributed by atoms with E-state index in [0.717, 1.165) is 25.1 Å². The third kappa shape index (κ3) is 4.77. The molecule has 24 heavy (non-hydrogen) atoms. The van der Waals surface area contributed by atoms with Crippen LogP contribution in [0.25, 0.3) is 0 Å². The van der Waals surface area contributed by atoms with Gasteiger partial charge in [-0.1, -0.05) is 51.1 Å². The SMILES string of the molecule is CC[C@@H](CNc1cc(C)ccc1C)Oc1ccccc1[C@H](C)CC. The summed E-state index contributed by atoms with van der Waals surface area (Å²) in [6, 6.07) is 15.0. The highest BCUT2D eigenvalue weighted by atomic mass is 16.5. The van der Waals surface area contributed by atoms with Gasteiger partial charge in [0.2, 0.25) is 0 Å². The number of anilines is 1. The third-order valence-electron chi connectivity index (χ3n) is 4.72. The van der Waals surface area contributed by atoms with Gasteiger partial charge in [0.15, 0.2) is 0 Å². The Morgan fingerprint density at radius 2 is 1.75 bits per heavy atom. The Kier molecular flexibility index (Phi) is 6.72. The van der Waals surface area contributed by atoms with Crippen molar-refractivity contribution in [2.45, 2.75) is 59.5 Å². The summed E-state index contributed by atoms with van der Waals surface area (Å²) in [5, 5.41) is 3.56. The van der Waals surface area contributed by atoms with Gasteiger partial charge in [0, 0.05) is 5.69 Å². The van der Waals surface area contributed by atoms with Gasteiger partial charge in [0.25, 0.3) is 0 Å². The minimum atomic E-state index is 0.162. The number of ether oxygens (including phenoxy) is 1. The standard InChI is InChI=1S/C22H31NO/c1-6-17(4)20-10-8-9-11-22(20)24-19(7-2)15-23-21-14-16(3)12-13-18(21)5/h8-14,17,19,23H,6-7,15H2,1-5H3/t17-,19+/m1/s1. The number of aryl methyl sites for hydroxylation is 2. The van der Waals surface area contributed by atoms with Gasteiger partial charge >= 0.3 is 0 Å². The Morgan fingerprint density at radius 3 is 2.46 bits per heavy atom. The van der Waals surface area contributed by atoms with E-state index in [1.807, 2.05) is 0 Å². The molecule has 2 atom stereocenters. The highest BCUT2D eigenvalue weighted by Crippen LogP contribution is 2.29. The third-order valence-corrected chi connectivity index (χ3v) is 4.72. The van der Waals surface area contributed by atoms with Crippen molar-refractivity contribution in [2.75, 3.05) is 11.9 Å². The van der Waals surface area contributed by atoms with Crippen molar-refractivity contribution in [3.05, 3.63) is 59.2 Å². The predicted molar refractivity (Wildman–Crippen MR) is 104 cm³/mol. The maximum Gasteiger partial charge on any atom is 0.123 e. The van der Waals surface area contributed by atoms with Crippen LogP contribution in [0.15, 0.2) is 42.5 Å². The molecule has 0 unspecified atom stereocenters. The lowest BCUT2D eigenvalue weighted by molar-refractivity contribution is 0.207. The molecule has 0 saturated carbocycles. The molecule has 0 amide bonds. The molecule has 0 aliphatic carbocycles. The number of para-hydroxylation sites is 1. The Hall–Kier alpha value is -1.96. The molecule has 2 aromatic rings. The molecule has 0 saturated heterocycles. The van der Waals surface area contributed by atoms with Crippen LogP contribution in [0.3, 0.4) is 0 Å². The van der Waals surface area contributed by atoms with Gasteiger partial charge in [-0.25, -0.2) is 0 Å². The summed E-state index contributed by atoms with van der Waals surface area (Å²) in [7, 11) is 0. The molecule has 2 nitrogen and oxygen atoms in total. The average molecular weight is 325 g/mol. The Balaban J connectivity index is 2.06. The minimum absolute atomic E-state index is 0.162. The molecule has 0 radical (unpaired) electrons. The minimum Gasteiger partial charge on any atom is -0.488 e. The lowest BCUT2D eigenvalue weighted by Crippen LogP contribution is -2.26. The summed E-state index contributed by atoms with van der Waals surface area (Å²) in [6.45, 7) is 11.7. The van der Waals surface area contributed by atoms with Crippen LogP contribution in [0.1, 0.15) is 56.2 Å². The fourth-order valence-electron chi connectivity index (χ4n) is 2.81. The van der Waals surface area contributed by atoms with Crippen LogP contribution in [0.2, 0.25) is 0 Å². The molecular formula is C22H31NO. The van der Waals surface area contributed by atoms with Gasteiger partial charge in [0.05, 0.1) is 6.54 Å². The first kappa shape index (κ1) is 18.4. The summed E-state index contributed by atoms with van der Waals surface area (Å²) in [4.78, 5) is 0. The molecule has 0 aliphatic heterocycles. The van der Waals surface area contributed by atoms with Crippen LogP contribution in [0, 0.1) is 13.8 Å². The lowest BCUT2D eigenvalue weighted by atomic mass is 9.98. The van der Waals surface area contributed by atoms with E-state index in [1.165, 1.54) is 22.4 Å². The van der Waals surface area contributed by atoms with Crippen molar-refractivity contribution in [2.24, 2.45) is 0 Å².